The number of hydrogen-bond acceptors (Lipinski definition) is 3. The molecule has 0 amide bonds. The number of nitrogens with zero attached hydrogens (tertiary/aromatic N) is 2. The molecule has 0 aliphatic rings. The van der Waals surface area contributed by atoms with E-state index < -0.39 is 0 Å². The standard InChI is InChI=1S/C14H13N5O/c15-14(16)18-11-3-1-2-10-12(11)19-13(17-10)8-4-6-9(20)7-5-8/h1-7,20H,(H,17,19)(H4,15,16,18). The number of nitrogens with one attached hydrogen (secondary N) is 1. The minimum absolute atomic E-state index is 0.00770. The summed E-state index contributed by atoms with van der Waals surface area (Å²) in [5.41, 5.74) is 13.8. The van der Waals surface area contributed by atoms with Crippen LogP contribution in [0.3, 0.4) is 0 Å². The predicted molar refractivity (Wildman–Crippen MR) is 78.7 cm³/mol. The SMILES string of the molecule is NC(N)=Nc1cccc2[nH]c(-c3ccc(O)cc3)nc12. The van der Waals surface area contributed by atoms with Gasteiger partial charge < -0.3 is 21.6 Å². The molecular formula is C14H13N5O. The highest BCUT2D eigenvalue weighted by atomic mass is 16.3. The van der Waals surface area contributed by atoms with E-state index in [4.69, 9.17) is 11.5 Å². The van der Waals surface area contributed by atoms with E-state index in [1.165, 1.54) is 0 Å². The Kier molecular flexibility index (Phi) is 2.76. The Morgan fingerprint density at radius 1 is 1.10 bits per heavy atom. The summed E-state index contributed by atoms with van der Waals surface area (Å²) in [6.45, 7) is 0. The Balaban J connectivity index is 2.15. The maximum Gasteiger partial charge on any atom is 0.191 e. The van der Waals surface area contributed by atoms with Gasteiger partial charge in [0.25, 0.3) is 0 Å². The number of hydrogen-bond donors (Lipinski definition) is 4. The van der Waals surface area contributed by atoms with Crippen molar-refractivity contribution in [2.24, 2.45) is 16.5 Å². The number of phenols is 1. The largest absolute Gasteiger partial charge is 0.508 e. The third-order valence-electron chi connectivity index (χ3n) is 2.88. The number of guanidine groups is 1. The van der Waals surface area contributed by atoms with Crippen LogP contribution < -0.4 is 11.5 Å². The van der Waals surface area contributed by atoms with Crippen LogP contribution in [0.25, 0.3) is 22.4 Å². The van der Waals surface area contributed by atoms with Crippen LogP contribution in [0.4, 0.5) is 5.69 Å². The van der Waals surface area contributed by atoms with Crippen LogP contribution in [0.2, 0.25) is 0 Å². The molecule has 0 radical (unpaired) electrons. The van der Waals surface area contributed by atoms with Gasteiger partial charge in [0.05, 0.1) is 11.2 Å². The number of aliphatic imine (C=N–C) groups is 1. The van der Waals surface area contributed by atoms with E-state index in [0.29, 0.717) is 17.0 Å². The molecule has 0 saturated carbocycles. The molecule has 0 unspecified atom stereocenters. The van der Waals surface area contributed by atoms with Gasteiger partial charge in [0.1, 0.15) is 17.1 Å². The Morgan fingerprint density at radius 2 is 1.85 bits per heavy atom. The number of H-pyrrole nitrogens is 1. The summed E-state index contributed by atoms with van der Waals surface area (Å²) in [6, 6.07) is 12.3. The number of fused-ring (bicyclic) bond motifs is 1. The third kappa shape index (κ3) is 2.14. The van der Waals surface area contributed by atoms with Crippen molar-refractivity contribution in [2.45, 2.75) is 0 Å². The van der Waals surface area contributed by atoms with Crippen molar-refractivity contribution < 1.29 is 5.11 Å². The normalized spacial score (nSPS) is 10.6. The number of benzene rings is 2. The van der Waals surface area contributed by atoms with E-state index in [1.54, 1.807) is 30.3 Å². The first-order valence-electron chi connectivity index (χ1n) is 6.01. The smallest absolute Gasteiger partial charge is 0.191 e. The Hall–Kier alpha value is -3.02. The van der Waals surface area contributed by atoms with Crippen molar-refractivity contribution in [3.8, 4) is 17.1 Å². The van der Waals surface area contributed by atoms with Crippen LogP contribution in [-0.4, -0.2) is 21.0 Å². The van der Waals surface area contributed by atoms with Gasteiger partial charge in [-0.1, -0.05) is 6.07 Å². The molecule has 6 N–H and O–H groups in total. The topological polar surface area (TPSA) is 113 Å². The molecule has 0 saturated heterocycles. The summed E-state index contributed by atoms with van der Waals surface area (Å²) in [5.74, 6) is 0.899. The van der Waals surface area contributed by atoms with E-state index in [9.17, 15) is 5.11 Å². The molecule has 0 spiro atoms. The first kappa shape index (κ1) is 12.0. The molecule has 0 aliphatic carbocycles. The third-order valence-corrected chi connectivity index (χ3v) is 2.88. The molecular weight excluding hydrogens is 254 g/mol. The first-order chi connectivity index (χ1) is 9.63. The van der Waals surface area contributed by atoms with Crippen LogP contribution in [0.15, 0.2) is 47.5 Å². The second kappa shape index (κ2) is 4.58. The first-order valence-corrected chi connectivity index (χ1v) is 6.01. The molecule has 3 aromatic rings. The Labute approximate surface area is 114 Å². The van der Waals surface area contributed by atoms with Gasteiger partial charge in [-0.05, 0) is 36.4 Å². The van der Waals surface area contributed by atoms with Gasteiger partial charge in [-0.2, -0.15) is 0 Å². The molecule has 1 heterocycles. The van der Waals surface area contributed by atoms with Crippen LogP contribution in [-0.2, 0) is 0 Å². The number of imidazole rings is 1. The Bertz CT molecular complexity index is 785. The van der Waals surface area contributed by atoms with E-state index in [1.807, 2.05) is 12.1 Å². The number of aromatic hydroxyl groups is 1. The fraction of sp³-hybridized carbons (Fsp3) is 0. The van der Waals surface area contributed by atoms with Crippen molar-refractivity contribution in [2.75, 3.05) is 0 Å². The highest BCUT2D eigenvalue weighted by Gasteiger charge is 2.08. The zero-order valence-corrected chi connectivity index (χ0v) is 10.5. The van der Waals surface area contributed by atoms with E-state index >= 15 is 0 Å². The molecule has 20 heavy (non-hydrogen) atoms. The van der Waals surface area contributed by atoms with Crippen molar-refractivity contribution in [3.63, 3.8) is 0 Å². The maximum atomic E-state index is 9.31. The lowest BCUT2D eigenvalue weighted by Gasteiger charge is -1.96. The summed E-state index contributed by atoms with van der Waals surface area (Å²) in [4.78, 5) is 11.8. The summed E-state index contributed by atoms with van der Waals surface area (Å²) in [5, 5.41) is 9.31. The van der Waals surface area contributed by atoms with Gasteiger partial charge in [-0.15, -0.1) is 0 Å². The van der Waals surface area contributed by atoms with Crippen LogP contribution in [0.5, 0.6) is 5.75 Å². The highest BCUT2D eigenvalue weighted by Crippen LogP contribution is 2.28. The van der Waals surface area contributed by atoms with E-state index in [0.717, 1.165) is 11.1 Å². The predicted octanol–water partition coefficient (Wildman–Crippen LogP) is 1.84. The second-order valence-electron chi connectivity index (χ2n) is 4.34. The maximum absolute atomic E-state index is 9.31. The zero-order chi connectivity index (χ0) is 14.1. The lowest BCUT2D eigenvalue weighted by atomic mass is 10.2. The molecule has 0 aliphatic heterocycles. The molecule has 100 valence electrons. The van der Waals surface area contributed by atoms with Crippen molar-refractivity contribution in [3.05, 3.63) is 42.5 Å². The zero-order valence-electron chi connectivity index (χ0n) is 10.5. The fourth-order valence-corrected chi connectivity index (χ4v) is 2.00. The van der Waals surface area contributed by atoms with Crippen LogP contribution in [0.1, 0.15) is 0 Å². The molecule has 3 rings (SSSR count). The highest BCUT2D eigenvalue weighted by molar-refractivity contribution is 5.92. The second-order valence-corrected chi connectivity index (χ2v) is 4.34. The van der Waals surface area contributed by atoms with Crippen molar-refractivity contribution in [1.29, 1.82) is 0 Å². The molecule has 6 heteroatoms. The number of nitrogens with two attached hydrogens (primary N) is 2. The summed E-state index contributed by atoms with van der Waals surface area (Å²) < 4.78 is 0. The van der Waals surface area contributed by atoms with Crippen LogP contribution >= 0.6 is 0 Å². The van der Waals surface area contributed by atoms with Crippen molar-refractivity contribution >= 4 is 22.7 Å². The minimum Gasteiger partial charge on any atom is -0.508 e. The lowest BCUT2D eigenvalue weighted by molar-refractivity contribution is 0.475. The van der Waals surface area contributed by atoms with Gasteiger partial charge in [0.2, 0.25) is 0 Å². The van der Waals surface area contributed by atoms with Crippen molar-refractivity contribution in [1.82, 2.24) is 9.97 Å². The monoisotopic (exact) mass is 267 g/mol. The van der Waals surface area contributed by atoms with Gasteiger partial charge in [-0.25, -0.2) is 9.98 Å². The van der Waals surface area contributed by atoms with E-state index in [2.05, 4.69) is 15.0 Å². The average molecular weight is 267 g/mol. The molecule has 1 aromatic heterocycles. The molecule has 6 nitrogen and oxygen atoms in total. The van der Waals surface area contributed by atoms with Crippen LogP contribution in [0, 0.1) is 0 Å². The van der Waals surface area contributed by atoms with Gasteiger partial charge in [0, 0.05) is 5.56 Å². The number of phenolic OH excluding ortho intramolecular Hbond substituents is 1. The molecule has 2 aromatic carbocycles. The number of aromatic nitrogens is 2. The van der Waals surface area contributed by atoms with E-state index in [-0.39, 0.29) is 11.7 Å². The molecule has 0 atom stereocenters. The molecule has 0 fully saturated rings. The average Bonchev–Trinajstić information content (AvgIpc) is 2.84. The number of para-hydroxylation sites is 1. The minimum atomic E-state index is -0.00770. The van der Waals surface area contributed by atoms with Gasteiger partial charge in [0.15, 0.2) is 5.96 Å². The van der Waals surface area contributed by atoms with Gasteiger partial charge >= 0.3 is 0 Å². The number of rotatable bonds is 2. The van der Waals surface area contributed by atoms with Gasteiger partial charge in [-0.3, -0.25) is 0 Å². The fourth-order valence-electron chi connectivity index (χ4n) is 2.00. The summed E-state index contributed by atoms with van der Waals surface area (Å²) in [7, 11) is 0. The molecule has 0 bridgehead atoms. The Morgan fingerprint density at radius 3 is 2.55 bits per heavy atom. The summed E-state index contributed by atoms with van der Waals surface area (Å²) >= 11 is 0. The quantitative estimate of drug-likeness (QED) is 0.419. The lowest BCUT2D eigenvalue weighted by Crippen LogP contribution is -2.21. The summed E-state index contributed by atoms with van der Waals surface area (Å²) in [6.07, 6.45) is 0. The number of aromatic amines is 1.